The van der Waals surface area contributed by atoms with Crippen LogP contribution >= 0.6 is 15.9 Å². The molecule has 0 bridgehead atoms. The van der Waals surface area contributed by atoms with E-state index in [2.05, 4.69) is 26.3 Å². The molecule has 0 saturated heterocycles. The van der Waals surface area contributed by atoms with Gasteiger partial charge in [-0.2, -0.15) is 5.10 Å². The van der Waals surface area contributed by atoms with Crippen LogP contribution in [-0.4, -0.2) is 15.7 Å². The van der Waals surface area contributed by atoms with Crippen LogP contribution in [0.15, 0.2) is 65.3 Å². The zero-order valence-electron chi connectivity index (χ0n) is 12.7. The van der Waals surface area contributed by atoms with Gasteiger partial charge in [0, 0.05) is 6.20 Å². The molecule has 122 valence electrons. The average Bonchev–Trinajstić information content (AvgIpc) is 2.90. The molecular weight excluding hydrogens is 373 g/mol. The van der Waals surface area contributed by atoms with Crippen LogP contribution in [0.25, 0.3) is 0 Å². The lowest BCUT2D eigenvalue weighted by Gasteiger charge is -2.03. The number of anilines is 1. The number of aromatic nitrogens is 2. The van der Waals surface area contributed by atoms with Crippen LogP contribution in [0.3, 0.4) is 0 Å². The highest BCUT2D eigenvalue weighted by atomic mass is 79.9. The normalized spacial score (nSPS) is 10.6. The van der Waals surface area contributed by atoms with Crippen molar-refractivity contribution in [1.82, 2.24) is 9.78 Å². The number of rotatable bonds is 5. The number of benzene rings is 2. The zero-order chi connectivity index (χ0) is 16.9. The smallest absolute Gasteiger partial charge is 0.230 e. The van der Waals surface area contributed by atoms with Gasteiger partial charge in [0.15, 0.2) is 5.82 Å². The molecule has 1 amide bonds. The molecule has 1 heterocycles. The first kappa shape index (κ1) is 16.4. The molecule has 0 unspecified atom stereocenters. The molecule has 0 spiro atoms. The van der Waals surface area contributed by atoms with Crippen LogP contribution in [0, 0.1) is 5.82 Å². The second-order valence-corrected chi connectivity index (χ2v) is 6.21. The monoisotopic (exact) mass is 387 g/mol. The van der Waals surface area contributed by atoms with Crippen molar-refractivity contribution in [3.8, 4) is 0 Å². The SMILES string of the molecule is O=C(Cc1ccccc1)Nc1nn(Cc2ccc(F)cc2)cc1Br. The number of hydrogen-bond acceptors (Lipinski definition) is 2. The Morgan fingerprint density at radius 3 is 2.50 bits per heavy atom. The summed E-state index contributed by atoms with van der Waals surface area (Å²) in [5, 5.41) is 7.15. The Kier molecular flexibility index (Phi) is 5.05. The van der Waals surface area contributed by atoms with E-state index in [4.69, 9.17) is 0 Å². The van der Waals surface area contributed by atoms with Crippen LogP contribution in [0.2, 0.25) is 0 Å². The first-order valence-corrected chi connectivity index (χ1v) is 8.20. The molecule has 0 aliphatic carbocycles. The molecule has 3 aromatic rings. The van der Waals surface area contributed by atoms with Gasteiger partial charge in [0.05, 0.1) is 17.4 Å². The molecule has 1 aromatic heterocycles. The van der Waals surface area contributed by atoms with E-state index < -0.39 is 0 Å². The minimum absolute atomic E-state index is 0.131. The van der Waals surface area contributed by atoms with Gasteiger partial charge in [-0.1, -0.05) is 42.5 Å². The molecule has 0 atom stereocenters. The fourth-order valence-electron chi connectivity index (χ4n) is 2.30. The van der Waals surface area contributed by atoms with E-state index >= 15 is 0 Å². The number of carbonyl (C=O) groups excluding carboxylic acids is 1. The predicted molar refractivity (Wildman–Crippen MR) is 94.2 cm³/mol. The highest BCUT2D eigenvalue weighted by Crippen LogP contribution is 2.21. The van der Waals surface area contributed by atoms with Crippen molar-refractivity contribution in [2.75, 3.05) is 5.32 Å². The summed E-state index contributed by atoms with van der Waals surface area (Å²) in [6, 6.07) is 15.8. The molecule has 0 aliphatic heterocycles. The Hall–Kier alpha value is -2.47. The Balaban J connectivity index is 1.65. The second-order valence-electron chi connectivity index (χ2n) is 5.36. The Morgan fingerprint density at radius 2 is 1.79 bits per heavy atom. The van der Waals surface area contributed by atoms with Gasteiger partial charge in [-0.3, -0.25) is 9.48 Å². The number of nitrogens with zero attached hydrogens (tertiary/aromatic N) is 2. The van der Waals surface area contributed by atoms with E-state index in [0.717, 1.165) is 11.1 Å². The number of carbonyl (C=O) groups is 1. The van der Waals surface area contributed by atoms with E-state index in [9.17, 15) is 9.18 Å². The largest absolute Gasteiger partial charge is 0.308 e. The van der Waals surface area contributed by atoms with Crippen LogP contribution in [0.5, 0.6) is 0 Å². The maximum absolute atomic E-state index is 12.9. The average molecular weight is 388 g/mol. The lowest BCUT2D eigenvalue weighted by Crippen LogP contribution is -2.15. The molecule has 4 nitrogen and oxygen atoms in total. The minimum atomic E-state index is -0.269. The first-order valence-electron chi connectivity index (χ1n) is 7.41. The van der Waals surface area contributed by atoms with Crippen molar-refractivity contribution in [3.63, 3.8) is 0 Å². The first-order chi connectivity index (χ1) is 11.6. The Labute approximate surface area is 147 Å². The van der Waals surface area contributed by atoms with Gasteiger partial charge < -0.3 is 5.32 Å². The van der Waals surface area contributed by atoms with Crippen molar-refractivity contribution in [2.45, 2.75) is 13.0 Å². The quantitative estimate of drug-likeness (QED) is 0.718. The summed E-state index contributed by atoms with van der Waals surface area (Å²) in [6.07, 6.45) is 2.07. The summed E-state index contributed by atoms with van der Waals surface area (Å²) >= 11 is 3.40. The number of amides is 1. The number of halogens is 2. The van der Waals surface area contributed by atoms with Gasteiger partial charge >= 0.3 is 0 Å². The highest BCUT2D eigenvalue weighted by Gasteiger charge is 2.11. The summed E-state index contributed by atoms with van der Waals surface area (Å²) in [7, 11) is 0. The van der Waals surface area contributed by atoms with E-state index in [1.165, 1.54) is 12.1 Å². The summed E-state index contributed by atoms with van der Waals surface area (Å²) in [4.78, 5) is 12.1. The van der Waals surface area contributed by atoms with Crippen molar-refractivity contribution < 1.29 is 9.18 Å². The lowest BCUT2D eigenvalue weighted by molar-refractivity contribution is -0.115. The minimum Gasteiger partial charge on any atom is -0.308 e. The Bertz CT molecular complexity index is 831. The third-order valence-corrected chi connectivity index (χ3v) is 4.02. The fraction of sp³-hybridized carbons (Fsp3) is 0.111. The molecule has 0 aliphatic rings. The van der Waals surface area contributed by atoms with Gasteiger partial charge in [0.25, 0.3) is 0 Å². The zero-order valence-corrected chi connectivity index (χ0v) is 14.3. The second kappa shape index (κ2) is 7.40. The maximum atomic E-state index is 12.9. The van der Waals surface area contributed by atoms with Gasteiger partial charge in [0.2, 0.25) is 5.91 Å². The molecule has 0 fully saturated rings. The van der Waals surface area contributed by atoms with E-state index in [-0.39, 0.29) is 18.1 Å². The van der Waals surface area contributed by atoms with Crippen LogP contribution in [0.1, 0.15) is 11.1 Å². The predicted octanol–water partition coefficient (Wildman–Crippen LogP) is 4.01. The van der Waals surface area contributed by atoms with Crippen LogP contribution in [0.4, 0.5) is 10.2 Å². The van der Waals surface area contributed by atoms with Crippen molar-refractivity contribution in [2.24, 2.45) is 0 Å². The molecule has 0 radical (unpaired) electrons. The third kappa shape index (κ3) is 4.29. The summed E-state index contributed by atoms with van der Waals surface area (Å²) in [6.45, 7) is 0.493. The van der Waals surface area contributed by atoms with Crippen LogP contribution < -0.4 is 5.32 Å². The summed E-state index contributed by atoms with van der Waals surface area (Å²) < 4.78 is 15.3. The molecule has 0 saturated carbocycles. The molecule has 6 heteroatoms. The number of nitrogens with one attached hydrogen (secondary N) is 1. The van der Waals surface area contributed by atoms with Crippen molar-refractivity contribution >= 4 is 27.7 Å². The lowest BCUT2D eigenvalue weighted by atomic mass is 10.1. The molecule has 1 N–H and O–H groups in total. The van der Waals surface area contributed by atoms with Gasteiger partial charge in [-0.25, -0.2) is 4.39 Å². The van der Waals surface area contributed by atoms with E-state index in [0.29, 0.717) is 16.8 Å². The van der Waals surface area contributed by atoms with Crippen molar-refractivity contribution in [1.29, 1.82) is 0 Å². The van der Waals surface area contributed by atoms with E-state index in [1.807, 2.05) is 30.3 Å². The third-order valence-electron chi connectivity index (χ3n) is 3.44. The molecular formula is C18H15BrFN3O. The fourth-order valence-corrected chi connectivity index (χ4v) is 2.71. The number of hydrogen-bond donors (Lipinski definition) is 1. The maximum Gasteiger partial charge on any atom is 0.230 e. The summed E-state index contributed by atoms with van der Waals surface area (Å²) in [5.41, 5.74) is 1.87. The highest BCUT2D eigenvalue weighted by molar-refractivity contribution is 9.10. The van der Waals surface area contributed by atoms with Crippen LogP contribution in [-0.2, 0) is 17.8 Å². The van der Waals surface area contributed by atoms with Gasteiger partial charge in [-0.15, -0.1) is 0 Å². The molecule has 3 rings (SSSR count). The van der Waals surface area contributed by atoms with E-state index in [1.54, 1.807) is 23.0 Å². The summed E-state index contributed by atoms with van der Waals surface area (Å²) in [5.74, 6) is 0.0706. The van der Waals surface area contributed by atoms with Crippen molar-refractivity contribution in [3.05, 3.63) is 82.2 Å². The standard InChI is InChI=1S/C18H15BrFN3O/c19-16-12-23(11-14-6-8-15(20)9-7-14)22-18(16)21-17(24)10-13-4-2-1-3-5-13/h1-9,12H,10-11H2,(H,21,22,24). The molecule has 2 aromatic carbocycles. The van der Waals surface area contributed by atoms with Gasteiger partial charge in [0.1, 0.15) is 5.82 Å². The topological polar surface area (TPSA) is 46.9 Å². The van der Waals surface area contributed by atoms with Gasteiger partial charge in [-0.05, 0) is 39.2 Å². The Morgan fingerprint density at radius 1 is 1.08 bits per heavy atom. The molecule has 24 heavy (non-hydrogen) atoms.